The van der Waals surface area contributed by atoms with Crippen LogP contribution >= 0.6 is 0 Å². The Bertz CT molecular complexity index is 3140. The largest absolute Gasteiger partial charge is 0.309 e. The molecule has 0 spiro atoms. The van der Waals surface area contributed by atoms with E-state index in [4.69, 9.17) is 0 Å². The van der Waals surface area contributed by atoms with Gasteiger partial charge in [-0.25, -0.2) is 0 Å². The molecule has 0 bridgehead atoms. The van der Waals surface area contributed by atoms with Gasteiger partial charge in [-0.15, -0.1) is 0 Å². The number of aryl methyl sites for hydroxylation is 4. The molecule has 2 heteroatoms. The average molecular weight is 833 g/mol. The fourth-order valence-electron chi connectivity index (χ4n) is 10.5. The molecule has 0 aliphatic rings. The molecule has 2 nitrogen and oxygen atoms in total. The molecular weight excluding hydrogens is 773 g/mol. The van der Waals surface area contributed by atoms with E-state index in [-0.39, 0.29) is 0 Å². The first kappa shape index (κ1) is 41.4. The van der Waals surface area contributed by atoms with Gasteiger partial charge in [0, 0.05) is 32.9 Å². The minimum absolute atomic E-state index is 0.346. The lowest BCUT2D eigenvalue weighted by molar-refractivity contribution is 0.739. The van der Waals surface area contributed by atoms with Gasteiger partial charge in [0.25, 0.3) is 0 Å². The van der Waals surface area contributed by atoms with Crippen LogP contribution in [-0.2, 0) is 0 Å². The third-order valence-electron chi connectivity index (χ3n) is 15.0. The van der Waals surface area contributed by atoms with Crippen molar-refractivity contribution in [1.29, 1.82) is 0 Å². The van der Waals surface area contributed by atoms with E-state index in [9.17, 15) is 0 Å². The van der Waals surface area contributed by atoms with E-state index in [0.717, 1.165) is 12.8 Å². The van der Waals surface area contributed by atoms with Crippen molar-refractivity contribution < 1.29 is 0 Å². The summed E-state index contributed by atoms with van der Waals surface area (Å²) in [5.41, 5.74) is 17.9. The Kier molecular flexibility index (Phi) is 10.5. The molecule has 2 atom stereocenters. The zero-order valence-corrected chi connectivity index (χ0v) is 39.3. The van der Waals surface area contributed by atoms with Crippen LogP contribution in [0, 0.1) is 41.5 Å². The fraction of sp³-hybridized carbons (Fsp3) is 0.226. The molecule has 0 saturated heterocycles. The first-order valence-corrected chi connectivity index (χ1v) is 23.5. The Balaban J connectivity index is 1.38. The van der Waals surface area contributed by atoms with Crippen molar-refractivity contribution in [2.45, 2.75) is 93.9 Å². The maximum absolute atomic E-state index is 2.58. The molecule has 0 radical (unpaired) electrons. The van der Waals surface area contributed by atoms with E-state index < -0.39 is 0 Å². The van der Waals surface area contributed by atoms with E-state index in [1.165, 1.54) is 132 Å². The number of anilines is 6. The minimum atomic E-state index is 0.346. The van der Waals surface area contributed by atoms with Gasteiger partial charge in [0.05, 0.1) is 22.7 Å². The maximum atomic E-state index is 2.58. The summed E-state index contributed by atoms with van der Waals surface area (Å²) in [6.07, 6.45) is 2.09. The normalized spacial score (nSPS) is 12.8. The SMILES string of the molecule is CCC(C)c1cc(N(c2cc(C)c(C)c(C)c2)c2cccc3ccccc23)c2ccc3c(C(C)CC)cc(N(c4cc(C)c(C)c(C)c4)c4cccc5ccccc45)c4ccc1c2c34. The molecule has 0 fully saturated rings. The zero-order valence-electron chi connectivity index (χ0n) is 39.3. The lowest BCUT2D eigenvalue weighted by atomic mass is 9.82. The first-order valence-electron chi connectivity index (χ1n) is 23.5. The molecule has 318 valence electrons. The molecule has 10 aromatic rings. The Morgan fingerprint density at radius 1 is 0.359 bits per heavy atom. The van der Waals surface area contributed by atoms with Gasteiger partial charge in [-0.3, -0.25) is 0 Å². The molecule has 2 unspecified atom stereocenters. The minimum Gasteiger partial charge on any atom is -0.309 e. The van der Waals surface area contributed by atoms with Crippen molar-refractivity contribution in [2.75, 3.05) is 9.80 Å². The van der Waals surface area contributed by atoms with Crippen LogP contribution in [0.15, 0.2) is 146 Å². The van der Waals surface area contributed by atoms with Gasteiger partial charge in [-0.1, -0.05) is 125 Å². The van der Waals surface area contributed by atoms with Gasteiger partial charge >= 0.3 is 0 Å². The van der Waals surface area contributed by atoms with Gasteiger partial charge < -0.3 is 9.80 Å². The predicted octanol–water partition coefficient (Wildman–Crippen LogP) is 18.7. The molecule has 0 N–H and O–H groups in total. The van der Waals surface area contributed by atoms with Gasteiger partial charge in [-0.05, 0) is 192 Å². The number of rotatable bonds is 10. The number of nitrogens with zero attached hydrogens (tertiary/aromatic N) is 2. The molecule has 0 saturated carbocycles. The summed E-state index contributed by atoms with van der Waals surface area (Å²) in [5.74, 6) is 0.691. The van der Waals surface area contributed by atoms with Crippen LogP contribution in [0.3, 0.4) is 0 Å². The molecule has 0 amide bonds. The molecule has 0 aliphatic carbocycles. The third-order valence-corrected chi connectivity index (χ3v) is 15.0. The second kappa shape index (κ2) is 16.2. The van der Waals surface area contributed by atoms with Crippen LogP contribution in [-0.4, -0.2) is 0 Å². The van der Waals surface area contributed by atoms with E-state index in [1.807, 2.05) is 0 Å². The Hall–Kier alpha value is -6.64. The monoisotopic (exact) mass is 832 g/mol. The van der Waals surface area contributed by atoms with Crippen molar-refractivity contribution in [1.82, 2.24) is 0 Å². The van der Waals surface area contributed by atoms with Crippen LogP contribution in [0.2, 0.25) is 0 Å². The lowest BCUT2D eigenvalue weighted by Crippen LogP contribution is -2.14. The Morgan fingerprint density at radius 2 is 0.703 bits per heavy atom. The van der Waals surface area contributed by atoms with Gasteiger partial charge in [0.1, 0.15) is 0 Å². The summed E-state index contributed by atoms with van der Waals surface area (Å²) < 4.78 is 0. The second-order valence-corrected chi connectivity index (χ2v) is 18.7. The molecule has 0 aliphatic heterocycles. The van der Waals surface area contributed by atoms with E-state index in [2.05, 4.69) is 225 Å². The van der Waals surface area contributed by atoms with Gasteiger partial charge in [0.15, 0.2) is 0 Å². The predicted molar refractivity (Wildman–Crippen MR) is 280 cm³/mol. The first-order chi connectivity index (χ1) is 31.0. The summed E-state index contributed by atoms with van der Waals surface area (Å²) in [5, 5.41) is 12.9. The summed E-state index contributed by atoms with van der Waals surface area (Å²) >= 11 is 0. The molecule has 0 heterocycles. The lowest BCUT2D eigenvalue weighted by Gasteiger charge is -2.33. The molecule has 10 rings (SSSR count). The third kappa shape index (κ3) is 6.61. The number of hydrogen-bond acceptors (Lipinski definition) is 2. The quantitative estimate of drug-likeness (QED) is 0.127. The summed E-state index contributed by atoms with van der Waals surface area (Å²) in [4.78, 5) is 5.16. The van der Waals surface area contributed by atoms with Crippen LogP contribution < -0.4 is 9.80 Å². The second-order valence-electron chi connectivity index (χ2n) is 18.7. The van der Waals surface area contributed by atoms with Crippen molar-refractivity contribution in [3.05, 3.63) is 190 Å². The maximum Gasteiger partial charge on any atom is 0.0543 e. The Morgan fingerprint density at radius 3 is 1.08 bits per heavy atom. The highest BCUT2D eigenvalue weighted by atomic mass is 15.2. The highest BCUT2D eigenvalue weighted by Crippen LogP contribution is 2.53. The number of benzene rings is 10. The van der Waals surface area contributed by atoms with Crippen molar-refractivity contribution >= 4 is 88.0 Å². The number of hydrogen-bond donors (Lipinski definition) is 0. The summed E-state index contributed by atoms with van der Waals surface area (Å²) in [7, 11) is 0. The smallest absolute Gasteiger partial charge is 0.0543 e. The van der Waals surface area contributed by atoms with E-state index in [1.54, 1.807) is 0 Å². The van der Waals surface area contributed by atoms with Crippen molar-refractivity contribution in [2.24, 2.45) is 0 Å². The van der Waals surface area contributed by atoms with E-state index >= 15 is 0 Å². The molecular formula is C62H60N2. The van der Waals surface area contributed by atoms with Gasteiger partial charge in [0.2, 0.25) is 0 Å². The summed E-state index contributed by atoms with van der Waals surface area (Å²) in [6.45, 7) is 23.1. The fourth-order valence-corrected chi connectivity index (χ4v) is 10.5. The Labute approximate surface area is 380 Å². The van der Waals surface area contributed by atoms with Crippen molar-refractivity contribution in [3.8, 4) is 0 Å². The molecule has 10 aromatic carbocycles. The van der Waals surface area contributed by atoms with Crippen LogP contribution in [0.4, 0.5) is 34.1 Å². The van der Waals surface area contributed by atoms with Crippen LogP contribution in [0.1, 0.15) is 96.9 Å². The number of fused-ring (bicyclic) bond motifs is 2. The standard InChI is InChI=1S/C62H60N2/c1-11-37(3)55-35-59(63(47-31-39(5)43(9)40(6)32-47)57-25-17-21-45-19-13-15-23-49(45)57)53-30-28-52-56(38(4)12-2)36-60(54-29-27-51(55)61(53)62(52)54)64(48-33-41(7)44(10)42(8)34-48)58-26-18-22-46-20-14-16-24-50(46)58/h13-38H,11-12H2,1-10H3. The van der Waals surface area contributed by atoms with E-state index in [0.29, 0.717) is 11.8 Å². The average Bonchev–Trinajstić information content (AvgIpc) is 3.31. The highest BCUT2D eigenvalue weighted by molar-refractivity contribution is 6.30. The molecule has 0 aromatic heterocycles. The van der Waals surface area contributed by atoms with Crippen molar-refractivity contribution in [3.63, 3.8) is 0 Å². The molecule has 64 heavy (non-hydrogen) atoms. The van der Waals surface area contributed by atoms with Crippen LogP contribution in [0.25, 0.3) is 53.9 Å². The summed E-state index contributed by atoms with van der Waals surface area (Å²) in [6, 6.07) is 55.8. The van der Waals surface area contributed by atoms with Gasteiger partial charge in [-0.2, -0.15) is 0 Å². The highest BCUT2D eigenvalue weighted by Gasteiger charge is 2.28. The topological polar surface area (TPSA) is 6.48 Å². The zero-order chi connectivity index (χ0) is 44.6. The van der Waals surface area contributed by atoms with Crippen LogP contribution in [0.5, 0.6) is 0 Å².